The molecule has 3 rings (SSSR count). The van der Waals surface area contributed by atoms with Crippen LogP contribution < -0.4 is 15.8 Å². The predicted molar refractivity (Wildman–Crippen MR) is 110 cm³/mol. The number of carbonyl (C=O) groups excluding carboxylic acids is 2. The Bertz CT molecular complexity index is 1090. The van der Waals surface area contributed by atoms with Crippen LogP contribution in [0.1, 0.15) is 13.3 Å². The number of anilines is 2. The number of nitrogens with zero attached hydrogens (tertiary/aromatic N) is 3. The Kier molecular flexibility index (Phi) is 5.75. The van der Waals surface area contributed by atoms with E-state index in [0.717, 1.165) is 0 Å². The van der Waals surface area contributed by atoms with Crippen molar-refractivity contribution in [3.8, 4) is 0 Å². The molecule has 0 bridgehead atoms. The van der Waals surface area contributed by atoms with Crippen molar-refractivity contribution in [3.05, 3.63) is 63.9 Å². The first-order valence-corrected chi connectivity index (χ1v) is 9.10. The molecule has 2 amide bonds. The number of benzene rings is 2. The van der Waals surface area contributed by atoms with Gasteiger partial charge in [0.1, 0.15) is 6.54 Å². The van der Waals surface area contributed by atoms with Crippen molar-refractivity contribution in [1.29, 1.82) is 0 Å². The molecule has 0 aliphatic heterocycles. The number of para-hydroxylation sites is 2. The lowest BCUT2D eigenvalue weighted by Crippen LogP contribution is -2.36. The predicted octanol–water partition coefficient (Wildman–Crippen LogP) is 3.06. The fourth-order valence-corrected chi connectivity index (χ4v) is 2.91. The van der Waals surface area contributed by atoms with Crippen LogP contribution in [-0.2, 0) is 16.1 Å². The third-order valence-corrected chi connectivity index (χ3v) is 4.51. The van der Waals surface area contributed by atoms with E-state index in [0.29, 0.717) is 21.7 Å². The largest absolute Gasteiger partial charge is 0.325 e. The molecule has 1 N–H and O–H groups in total. The highest BCUT2D eigenvalue weighted by Gasteiger charge is 2.19. The third-order valence-electron chi connectivity index (χ3n) is 4.26. The summed E-state index contributed by atoms with van der Waals surface area (Å²) in [6.45, 7) is 1.49. The van der Waals surface area contributed by atoms with E-state index in [1.165, 1.54) is 16.5 Å². The number of halogens is 1. The summed E-state index contributed by atoms with van der Waals surface area (Å²) in [4.78, 5) is 43.1. The van der Waals surface area contributed by atoms with Gasteiger partial charge in [-0.25, -0.2) is 4.98 Å². The van der Waals surface area contributed by atoms with Gasteiger partial charge in [0, 0.05) is 24.2 Å². The van der Waals surface area contributed by atoms with Gasteiger partial charge in [0.25, 0.3) is 5.56 Å². The lowest BCUT2D eigenvalue weighted by Gasteiger charge is -2.18. The van der Waals surface area contributed by atoms with Gasteiger partial charge in [0.05, 0.1) is 11.0 Å². The number of rotatable bonds is 5. The van der Waals surface area contributed by atoms with Crippen molar-refractivity contribution < 1.29 is 9.59 Å². The number of hydrogen-bond donors (Lipinski definition) is 1. The van der Waals surface area contributed by atoms with Gasteiger partial charge < -0.3 is 5.32 Å². The molecule has 28 heavy (non-hydrogen) atoms. The van der Waals surface area contributed by atoms with Gasteiger partial charge in [0.2, 0.25) is 17.6 Å². The zero-order chi connectivity index (χ0) is 20.3. The van der Waals surface area contributed by atoms with Crippen molar-refractivity contribution in [3.63, 3.8) is 0 Å². The van der Waals surface area contributed by atoms with E-state index in [2.05, 4.69) is 10.3 Å². The van der Waals surface area contributed by atoms with E-state index in [-0.39, 0.29) is 30.6 Å². The maximum absolute atomic E-state index is 13.0. The molecular formula is C20H19ClN4O3. The maximum atomic E-state index is 13.0. The van der Waals surface area contributed by atoms with Gasteiger partial charge in [0.15, 0.2) is 0 Å². The molecular weight excluding hydrogens is 380 g/mol. The van der Waals surface area contributed by atoms with Gasteiger partial charge in [-0.15, -0.1) is 0 Å². The lowest BCUT2D eigenvalue weighted by molar-refractivity contribution is -0.118. The van der Waals surface area contributed by atoms with Crippen molar-refractivity contribution in [1.82, 2.24) is 9.55 Å². The molecule has 0 radical (unpaired) electrons. The second-order valence-corrected chi connectivity index (χ2v) is 6.61. The Morgan fingerprint density at radius 2 is 1.82 bits per heavy atom. The van der Waals surface area contributed by atoms with Gasteiger partial charge in [-0.05, 0) is 36.4 Å². The monoisotopic (exact) mass is 398 g/mol. The standard InChI is InChI=1S/C20H19ClN4O3/c1-3-18(27)24(2)19-20(28)25(16-7-5-4-6-15(16)23-19)12-17(26)22-14-10-8-13(21)9-11-14/h4-11H,3,12H2,1-2H3,(H,22,26). The highest BCUT2D eigenvalue weighted by molar-refractivity contribution is 6.30. The number of carbonyl (C=O) groups is 2. The first-order chi connectivity index (χ1) is 13.4. The summed E-state index contributed by atoms with van der Waals surface area (Å²) in [7, 11) is 1.50. The first-order valence-electron chi connectivity index (χ1n) is 8.72. The summed E-state index contributed by atoms with van der Waals surface area (Å²) in [6.07, 6.45) is 0.238. The Balaban J connectivity index is 2.00. The van der Waals surface area contributed by atoms with Crippen LogP contribution in [0.25, 0.3) is 11.0 Å². The van der Waals surface area contributed by atoms with Crippen LogP contribution in [0.3, 0.4) is 0 Å². The number of amides is 2. The van der Waals surface area contributed by atoms with Crippen LogP contribution in [0.15, 0.2) is 53.3 Å². The molecule has 7 nitrogen and oxygen atoms in total. The number of nitrogens with one attached hydrogen (secondary N) is 1. The molecule has 8 heteroatoms. The minimum atomic E-state index is -0.505. The molecule has 0 aliphatic rings. The van der Waals surface area contributed by atoms with Crippen LogP contribution in [0.2, 0.25) is 5.02 Å². The Hall–Kier alpha value is -3.19. The van der Waals surface area contributed by atoms with E-state index >= 15 is 0 Å². The Morgan fingerprint density at radius 3 is 2.50 bits per heavy atom. The average molecular weight is 399 g/mol. The van der Waals surface area contributed by atoms with E-state index in [1.54, 1.807) is 55.5 Å². The number of aromatic nitrogens is 2. The lowest BCUT2D eigenvalue weighted by atomic mass is 10.2. The van der Waals surface area contributed by atoms with Gasteiger partial charge in [-0.2, -0.15) is 0 Å². The molecule has 0 saturated heterocycles. The molecule has 3 aromatic rings. The number of fused-ring (bicyclic) bond motifs is 1. The van der Waals surface area contributed by atoms with Crippen LogP contribution in [-0.4, -0.2) is 28.4 Å². The highest BCUT2D eigenvalue weighted by atomic mass is 35.5. The smallest absolute Gasteiger partial charge is 0.294 e. The van der Waals surface area contributed by atoms with Gasteiger partial charge in [-0.1, -0.05) is 30.7 Å². The van der Waals surface area contributed by atoms with Crippen molar-refractivity contribution in [2.75, 3.05) is 17.3 Å². The van der Waals surface area contributed by atoms with Gasteiger partial charge >= 0.3 is 0 Å². The molecule has 1 heterocycles. The summed E-state index contributed by atoms with van der Waals surface area (Å²) in [5.74, 6) is -0.627. The topological polar surface area (TPSA) is 84.3 Å². The van der Waals surface area contributed by atoms with E-state index < -0.39 is 5.56 Å². The van der Waals surface area contributed by atoms with Crippen LogP contribution in [0, 0.1) is 0 Å². The first kappa shape index (κ1) is 19.6. The normalized spacial score (nSPS) is 10.7. The van der Waals surface area contributed by atoms with Gasteiger partial charge in [-0.3, -0.25) is 23.9 Å². The molecule has 0 spiro atoms. The molecule has 0 unspecified atom stereocenters. The second-order valence-electron chi connectivity index (χ2n) is 6.18. The fraction of sp³-hybridized carbons (Fsp3) is 0.200. The molecule has 1 aromatic heterocycles. The quantitative estimate of drug-likeness (QED) is 0.715. The molecule has 0 saturated carbocycles. The fourth-order valence-electron chi connectivity index (χ4n) is 2.79. The zero-order valence-electron chi connectivity index (χ0n) is 15.5. The van der Waals surface area contributed by atoms with Crippen molar-refractivity contribution in [2.24, 2.45) is 0 Å². The second kappa shape index (κ2) is 8.22. The minimum Gasteiger partial charge on any atom is -0.325 e. The van der Waals surface area contributed by atoms with Crippen molar-refractivity contribution in [2.45, 2.75) is 19.9 Å². The van der Waals surface area contributed by atoms with Crippen LogP contribution in [0.4, 0.5) is 11.5 Å². The van der Waals surface area contributed by atoms with Crippen molar-refractivity contribution >= 4 is 46.0 Å². The Labute approximate surface area is 166 Å². The van der Waals surface area contributed by atoms with Crippen LogP contribution in [0.5, 0.6) is 0 Å². The zero-order valence-corrected chi connectivity index (χ0v) is 16.2. The van der Waals surface area contributed by atoms with E-state index in [9.17, 15) is 14.4 Å². The summed E-state index contributed by atoms with van der Waals surface area (Å²) < 4.78 is 1.32. The molecule has 2 aromatic carbocycles. The van der Waals surface area contributed by atoms with E-state index in [4.69, 9.17) is 11.6 Å². The third kappa shape index (κ3) is 4.04. The summed E-state index contributed by atoms with van der Waals surface area (Å²) >= 11 is 5.85. The minimum absolute atomic E-state index is 0.00940. The molecule has 0 fully saturated rings. The summed E-state index contributed by atoms with van der Waals surface area (Å²) in [5, 5.41) is 3.29. The average Bonchev–Trinajstić information content (AvgIpc) is 2.70. The molecule has 144 valence electrons. The maximum Gasteiger partial charge on any atom is 0.294 e. The summed E-state index contributed by atoms with van der Waals surface area (Å²) in [5.41, 5.74) is 1.10. The summed E-state index contributed by atoms with van der Waals surface area (Å²) in [6, 6.07) is 13.7. The van der Waals surface area contributed by atoms with Crippen LogP contribution >= 0.6 is 11.6 Å². The Morgan fingerprint density at radius 1 is 1.14 bits per heavy atom. The highest BCUT2D eigenvalue weighted by Crippen LogP contribution is 2.16. The number of hydrogen-bond acceptors (Lipinski definition) is 4. The SMILES string of the molecule is CCC(=O)N(C)c1nc2ccccc2n(CC(=O)Nc2ccc(Cl)cc2)c1=O. The molecule has 0 atom stereocenters. The molecule has 0 aliphatic carbocycles. The van der Waals surface area contributed by atoms with E-state index in [1.807, 2.05) is 0 Å².